The summed E-state index contributed by atoms with van der Waals surface area (Å²) in [4.78, 5) is 0. The number of hydrogen-bond donors (Lipinski definition) is 0. The molecule has 0 aromatic rings. The van der Waals surface area contributed by atoms with Crippen molar-refractivity contribution in [1.82, 2.24) is 0 Å². The van der Waals surface area contributed by atoms with Crippen LogP contribution in [0.4, 0.5) is 0 Å². The first-order valence-electron chi connectivity index (χ1n) is 1.94. The average Bonchev–Trinajstić information content (AvgIpc) is 2.17. The molecule has 0 bridgehead atoms. The van der Waals surface area contributed by atoms with E-state index in [1.807, 2.05) is 0 Å². The molecule has 7 heavy (non-hydrogen) atoms. The van der Waals surface area contributed by atoms with Crippen molar-refractivity contribution in [2.45, 2.75) is 6.42 Å². The number of halogens is 2. The van der Waals surface area contributed by atoms with Crippen LogP contribution in [0.5, 0.6) is 0 Å². The molecule has 0 aliphatic heterocycles. The van der Waals surface area contributed by atoms with E-state index in [2.05, 4.69) is 22.5 Å². The fraction of sp³-hybridized carbons (Fsp3) is 0.200. The van der Waals surface area contributed by atoms with Gasteiger partial charge in [0.25, 0.3) is 0 Å². The van der Waals surface area contributed by atoms with E-state index in [-0.39, 0.29) is 0 Å². The van der Waals surface area contributed by atoms with Crippen LogP contribution >= 0.6 is 27.5 Å². The zero-order chi connectivity index (χ0) is 5.44. The first-order chi connectivity index (χ1) is 3.22. The summed E-state index contributed by atoms with van der Waals surface area (Å²) in [6.07, 6.45) is 1.00. The van der Waals surface area contributed by atoms with E-state index in [1.165, 1.54) is 10.1 Å². The Kier molecular flexibility index (Phi) is 1.26. The highest BCUT2D eigenvalue weighted by Crippen LogP contribution is 2.41. The molecule has 38 valence electrons. The Bertz CT molecular complexity index is 141. The third kappa shape index (κ3) is 1.07. The average molecular weight is 179 g/mol. The van der Waals surface area contributed by atoms with Gasteiger partial charge in [-0.3, -0.25) is 0 Å². The maximum Gasteiger partial charge on any atom is 0.0377 e. The van der Waals surface area contributed by atoms with Crippen molar-refractivity contribution in [3.63, 3.8) is 0 Å². The lowest BCUT2D eigenvalue weighted by molar-refractivity contribution is 1.57. The SMILES string of the molecule is C=C(Cl)C1=C(Br)C1. The topological polar surface area (TPSA) is 0 Å². The van der Waals surface area contributed by atoms with Gasteiger partial charge in [-0.05, 0) is 5.57 Å². The quantitative estimate of drug-likeness (QED) is 0.581. The lowest BCUT2D eigenvalue weighted by Crippen LogP contribution is -1.53. The maximum absolute atomic E-state index is 5.49. The van der Waals surface area contributed by atoms with E-state index >= 15 is 0 Å². The largest absolute Gasteiger partial charge is 0.0846 e. The van der Waals surface area contributed by atoms with Crippen molar-refractivity contribution in [3.05, 3.63) is 21.7 Å². The lowest BCUT2D eigenvalue weighted by Gasteiger charge is -1.75. The molecule has 0 fully saturated rings. The lowest BCUT2D eigenvalue weighted by atomic mass is 10.5. The van der Waals surface area contributed by atoms with Crippen molar-refractivity contribution in [1.29, 1.82) is 0 Å². The van der Waals surface area contributed by atoms with E-state index in [0.29, 0.717) is 5.03 Å². The van der Waals surface area contributed by atoms with E-state index in [4.69, 9.17) is 11.6 Å². The van der Waals surface area contributed by atoms with E-state index < -0.39 is 0 Å². The molecule has 1 rings (SSSR count). The highest BCUT2D eigenvalue weighted by molar-refractivity contribution is 9.12. The fourth-order valence-electron chi connectivity index (χ4n) is 0.354. The van der Waals surface area contributed by atoms with E-state index in [0.717, 1.165) is 6.42 Å². The summed E-state index contributed by atoms with van der Waals surface area (Å²) in [5.41, 5.74) is 1.17. The molecule has 0 aromatic heterocycles. The zero-order valence-corrected chi connectivity index (χ0v) is 6.01. The van der Waals surface area contributed by atoms with Crippen LogP contribution in [-0.2, 0) is 0 Å². The zero-order valence-electron chi connectivity index (χ0n) is 3.67. The van der Waals surface area contributed by atoms with Crippen molar-refractivity contribution >= 4 is 27.5 Å². The maximum atomic E-state index is 5.49. The van der Waals surface area contributed by atoms with Gasteiger partial charge < -0.3 is 0 Å². The first-order valence-corrected chi connectivity index (χ1v) is 3.11. The Labute approximate surface area is 56.0 Å². The van der Waals surface area contributed by atoms with Crippen LogP contribution in [0.2, 0.25) is 0 Å². The molecular weight excluding hydrogens is 175 g/mol. The van der Waals surface area contributed by atoms with Crippen LogP contribution in [0.3, 0.4) is 0 Å². The summed E-state index contributed by atoms with van der Waals surface area (Å²) in [5, 5.41) is 0.673. The van der Waals surface area contributed by atoms with Gasteiger partial charge in [-0.1, -0.05) is 34.1 Å². The Morgan fingerprint density at radius 2 is 2.29 bits per heavy atom. The van der Waals surface area contributed by atoms with Gasteiger partial charge in [0.15, 0.2) is 0 Å². The Morgan fingerprint density at radius 3 is 2.29 bits per heavy atom. The normalized spacial score (nSPS) is 17.4. The van der Waals surface area contributed by atoms with Gasteiger partial charge in [-0.15, -0.1) is 0 Å². The molecule has 0 nitrogen and oxygen atoms in total. The van der Waals surface area contributed by atoms with Crippen LogP contribution in [-0.4, -0.2) is 0 Å². The molecule has 0 atom stereocenters. The Morgan fingerprint density at radius 1 is 1.86 bits per heavy atom. The molecule has 0 N–H and O–H groups in total. The minimum Gasteiger partial charge on any atom is -0.0846 e. The van der Waals surface area contributed by atoms with Gasteiger partial charge in [0.05, 0.1) is 0 Å². The van der Waals surface area contributed by atoms with Gasteiger partial charge in [0.2, 0.25) is 0 Å². The van der Waals surface area contributed by atoms with Gasteiger partial charge >= 0.3 is 0 Å². The van der Waals surface area contributed by atoms with Gasteiger partial charge in [-0.25, -0.2) is 0 Å². The van der Waals surface area contributed by atoms with Crippen molar-refractivity contribution in [3.8, 4) is 0 Å². The second-order valence-electron chi connectivity index (χ2n) is 1.47. The molecular formula is C5H4BrCl. The Hall–Kier alpha value is 0.250. The fourth-order valence-corrected chi connectivity index (χ4v) is 1.17. The Balaban J connectivity index is 2.62. The monoisotopic (exact) mass is 178 g/mol. The van der Waals surface area contributed by atoms with E-state index in [1.54, 1.807) is 0 Å². The predicted molar refractivity (Wildman–Crippen MR) is 35.6 cm³/mol. The molecule has 2 heteroatoms. The van der Waals surface area contributed by atoms with Gasteiger partial charge in [0, 0.05) is 15.9 Å². The predicted octanol–water partition coefficient (Wildman–Crippen LogP) is 2.79. The summed E-state index contributed by atoms with van der Waals surface area (Å²) in [6, 6.07) is 0. The molecule has 0 unspecified atom stereocenters. The minimum absolute atomic E-state index is 0.673. The standard InChI is InChI=1S/C5H4BrCl/c1-3(7)4-2-5(4)6/h1-2H2. The third-order valence-electron chi connectivity index (χ3n) is 0.862. The molecule has 1 aliphatic rings. The van der Waals surface area contributed by atoms with Crippen LogP contribution in [0.15, 0.2) is 21.7 Å². The van der Waals surface area contributed by atoms with Crippen LogP contribution in [0.1, 0.15) is 6.42 Å². The summed E-state index contributed by atoms with van der Waals surface area (Å²) in [7, 11) is 0. The highest BCUT2D eigenvalue weighted by Gasteiger charge is 2.19. The van der Waals surface area contributed by atoms with Crippen molar-refractivity contribution < 1.29 is 0 Å². The molecule has 0 saturated heterocycles. The molecule has 0 spiro atoms. The van der Waals surface area contributed by atoms with Crippen molar-refractivity contribution in [2.24, 2.45) is 0 Å². The number of rotatable bonds is 1. The highest BCUT2D eigenvalue weighted by atomic mass is 79.9. The molecule has 0 saturated carbocycles. The van der Waals surface area contributed by atoms with Crippen LogP contribution in [0.25, 0.3) is 0 Å². The first kappa shape index (κ1) is 5.39. The smallest absolute Gasteiger partial charge is 0.0377 e. The summed E-state index contributed by atoms with van der Waals surface area (Å²) in [5.74, 6) is 0. The van der Waals surface area contributed by atoms with Crippen molar-refractivity contribution in [2.75, 3.05) is 0 Å². The van der Waals surface area contributed by atoms with Crippen LogP contribution in [0, 0.1) is 0 Å². The molecule has 0 radical (unpaired) electrons. The summed E-state index contributed by atoms with van der Waals surface area (Å²) >= 11 is 8.77. The summed E-state index contributed by atoms with van der Waals surface area (Å²) < 4.78 is 1.20. The number of hydrogen-bond acceptors (Lipinski definition) is 0. The second-order valence-corrected chi connectivity index (χ2v) is 2.88. The summed E-state index contributed by atoms with van der Waals surface area (Å²) in [6.45, 7) is 3.55. The molecule has 0 aromatic carbocycles. The van der Waals surface area contributed by atoms with Gasteiger partial charge in [0.1, 0.15) is 0 Å². The molecule has 0 amide bonds. The second kappa shape index (κ2) is 1.64. The number of allylic oxidation sites excluding steroid dienone is 3. The minimum atomic E-state index is 0.673. The molecule has 0 heterocycles. The van der Waals surface area contributed by atoms with Crippen LogP contribution < -0.4 is 0 Å². The molecule has 1 aliphatic carbocycles. The third-order valence-corrected chi connectivity index (χ3v) is 1.85. The van der Waals surface area contributed by atoms with Gasteiger partial charge in [-0.2, -0.15) is 0 Å². The van der Waals surface area contributed by atoms with E-state index in [9.17, 15) is 0 Å².